The molecule has 0 saturated heterocycles. The predicted octanol–water partition coefficient (Wildman–Crippen LogP) is 7.15. The van der Waals surface area contributed by atoms with Crippen molar-refractivity contribution in [1.82, 2.24) is 0 Å². The second-order valence-electron chi connectivity index (χ2n) is 6.92. The summed E-state index contributed by atoms with van der Waals surface area (Å²) in [5.74, 6) is 0.673. The number of rotatable bonds is 11. The monoisotopic (exact) mass is 323 g/mol. The molecule has 0 aliphatic rings. The van der Waals surface area contributed by atoms with Crippen molar-refractivity contribution in [3.63, 3.8) is 0 Å². The molecule has 130 valence electrons. The number of anilines is 1. The molecule has 2 aromatic carbocycles. The summed E-state index contributed by atoms with van der Waals surface area (Å²) >= 11 is 0. The van der Waals surface area contributed by atoms with E-state index in [0.717, 1.165) is 6.54 Å². The Bertz CT molecular complexity index is 544. The first-order valence-corrected chi connectivity index (χ1v) is 9.67. The first-order chi connectivity index (χ1) is 11.8. The molecule has 0 aliphatic carbocycles. The standard InChI is InChI=1S/C23H33N/c1-3-4-5-6-7-9-12-20(2)22-17-15-21(16-18-22)19-24-23-13-10-8-11-14-23/h8,10-11,13-18,20,24H,3-7,9,12,19H2,1-2H3. The third-order valence-corrected chi connectivity index (χ3v) is 4.81. The molecular weight excluding hydrogens is 290 g/mol. The zero-order valence-corrected chi connectivity index (χ0v) is 15.4. The average Bonchev–Trinajstić information content (AvgIpc) is 2.64. The van der Waals surface area contributed by atoms with Crippen LogP contribution in [0.15, 0.2) is 54.6 Å². The Kier molecular flexibility index (Phi) is 8.45. The topological polar surface area (TPSA) is 12.0 Å². The van der Waals surface area contributed by atoms with Crippen LogP contribution in [-0.4, -0.2) is 0 Å². The molecule has 0 fully saturated rings. The fourth-order valence-corrected chi connectivity index (χ4v) is 3.12. The lowest BCUT2D eigenvalue weighted by atomic mass is 9.94. The van der Waals surface area contributed by atoms with Gasteiger partial charge in [-0.2, -0.15) is 0 Å². The van der Waals surface area contributed by atoms with Gasteiger partial charge in [-0.25, -0.2) is 0 Å². The van der Waals surface area contributed by atoms with E-state index in [9.17, 15) is 0 Å². The van der Waals surface area contributed by atoms with E-state index < -0.39 is 0 Å². The fraction of sp³-hybridized carbons (Fsp3) is 0.478. The second-order valence-corrected chi connectivity index (χ2v) is 6.92. The van der Waals surface area contributed by atoms with Crippen molar-refractivity contribution in [2.75, 3.05) is 5.32 Å². The Labute approximate surface area is 148 Å². The van der Waals surface area contributed by atoms with Crippen LogP contribution in [0, 0.1) is 0 Å². The highest BCUT2D eigenvalue weighted by atomic mass is 14.9. The zero-order valence-electron chi connectivity index (χ0n) is 15.4. The summed E-state index contributed by atoms with van der Waals surface area (Å²) in [6.07, 6.45) is 9.62. The van der Waals surface area contributed by atoms with Crippen LogP contribution in [0.1, 0.15) is 75.8 Å². The first kappa shape index (κ1) is 18.6. The molecule has 0 amide bonds. The van der Waals surface area contributed by atoms with E-state index in [2.05, 4.69) is 67.7 Å². The summed E-state index contributed by atoms with van der Waals surface area (Å²) in [4.78, 5) is 0. The van der Waals surface area contributed by atoms with Gasteiger partial charge in [-0.05, 0) is 35.6 Å². The molecular formula is C23H33N. The average molecular weight is 324 g/mol. The minimum atomic E-state index is 0.673. The van der Waals surface area contributed by atoms with Crippen LogP contribution in [0.4, 0.5) is 5.69 Å². The van der Waals surface area contributed by atoms with Crippen molar-refractivity contribution in [2.45, 2.75) is 71.3 Å². The Morgan fingerprint density at radius 2 is 1.46 bits per heavy atom. The lowest BCUT2D eigenvalue weighted by Crippen LogP contribution is -2.00. The van der Waals surface area contributed by atoms with Gasteiger partial charge in [-0.3, -0.25) is 0 Å². The lowest BCUT2D eigenvalue weighted by Gasteiger charge is -2.13. The zero-order chi connectivity index (χ0) is 17.0. The van der Waals surface area contributed by atoms with Crippen LogP contribution >= 0.6 is 0 Å². The quantitative estimate of drug-likeness (QED) is 0.433. The molecule has 1 atom stereocenters. The number of hydrogen-bond donors (Lipinski definition) is 1. The van der Waals surface area contributed by atoms with Crippen molar-refractivity contribution in [1.29, 1.82) is 0 Å². The molecule has 1 heteroatoms. The summed E-state index contributed by atoms with van der Waals surface area (Å²) < 4.78 is 0. The minimum absolute atomic E-state index is 0.673. The fourth-order valence-electron chi connectivity index (χ4n) is 3.12. The van der Waals surface area contributed by atoms with E-state index in [0.29, 0.717) is 5.92 Å². The normalized spacial score (nSPS) is 12.1. The van der Waals surface area contributed by atoms with Crippen LogP contribution in [0.5, 0.6) is 0 Å². The second kappa shape index (κ2) is 10.9. The molecule has 1 unspecified atom stereocenters. The summed E-state index contributed by atoms with van der Waals surface area (Å²) in [5, 5.41) is 3.47. The number of unbranched alkanes of at least 4 members (excludes halogenated alkanes) is 5. The van der Waals surface area contributed by atoms with E-state index in [1.807, 2.05) is 6.07 Å². The highest BCUT2D eigenvalue weighted by Gasteiger charge is 2.05. The van der Waals surface area contributed by atoms with Crippen LogP contribution in [0.2, 0.25) is 0 Å². The van der Waals surface area contributed by atoms with Gasteiger partial charge in [-0.1, -0.05) is 94.8 Å². The highest BCUT2D eigenvalue weighted by Crippen LogP contribution is 2.23. The summed E-state index contributed by atoms with van der Waals surface area (Å²) in [7, 11) is 0. The molecule has 0 aliphatic heterocycles. The van der Waals surface area contributed by atoms with E-state index in [4.69, 9.17) is 0 Å². The van der Waals surface area contributed by atoms with Crippen molar-refractivity contribution in [2.24, 2.45) is 0 Å². The number of benzene rings is 2. The van der Waals surface area contributed by atoms with Crippen LogP contribution in [0.3, 0.4) is 0 Å². The number of para-hydroxylation sites is 1. The van der Waals surface area contributed by atoms with Gasteiger partial charge in [0.1, 0.15) is 0 Å². The summed E-state index contributed by atoms with van der Waals surface area (Å²) in [5.41, 5.74) is 4.00. The molecule has 2 aromatic rings. The van der Waals surface area contributed by atoms with Gasteiger partial charge >= 0.3 is 0 Å². The minimum Gasteiger partial charge on any atom is -0.381 e. The molecule has 24 heavy (non-hydrogen) atoms. The Balaban J connectivity index is 1.70. The van der Waals surface area contributed by atoms with Crippen LogP contribution in [0.25, 0.3) is 0 Å². The molecule has 1 N–H and O–H groups in total. The maximum atomic E-state index is 3.47. The number of nitrogens with one attached hydrogen (secondary N) is 1. The van der Waals surface area contributed by atoms with Crippen LogP contribution < -0.4 is 5.32 Å². The Morgan fingerprint density at radius 3 is 2.17 bits per heavy atom. The van der Waals surface area contributed by atoms with Crippen molar-refractivity contribution in [3.8, 4) is 0 Å². The third-order valence-electron chi connectivity index (χ3n) is 4.81. The maximum Gasteiger partial charge on any atom is 0.0400 e. The lowest BCUT2D eigenvalue weighted by molar-refractivity contribution is 0.557. The van der Waals surface area contributed by atoms with Gasteiger partial charge < -0.3 is 5.32 Å². The van der Waals surface area contributed by atoms with Crippen molar-refractivity contribution >= 4 is 5.69 Å². The van der Waals surface area contributed by atoms with Gasteiger partial charge in [0.05, 0.1) is 0 Å². The van der Waals surface area contributed by atoms with E-state index in [-0.39, 0.29) is 0 Å². The predicted molar refractivity (Wildman–Crippen MR) is 107 cm³/mol. The van der Waals surface area contributed by atoms with Gasteiger partial charge in [-0.15, -0.1) is 0 Å². The Hall–Kier alpha value is -1.76. The summed E-state index contributed by atoms with van der Waals surface area (Å²) in [6, 6.07) is 19.5. The largest absolute Gasteiger partial charge is 0.381 e. The maximum absolute atomic E-state index is 3.47. The number of hydrogen-bond acceptors (Lipinski definition) is 1. The molecule has 0 radical (unpaired) electrons. The van der Waals surface area contributed by atoms with Gasteiger partial charge in [0.15, 0.2) is 0 Å². The van der Waals surface area contributed by atoms with Crippen molar-refractivity contribution in [3.05, 3.63) is 65.7 Å². The molecule has 0 spiro atoms. The van der Waals surface area contributed by atoms with Crippen molar-refractivity contribution < 1.29 is 0 Å². The third kappa shape index (κ3) is 6.78. The molecule has 2 rings (SSSR count). The van der Waals surface area contributed by atoms with Gasteiger partial charge in [0.2, 0.25) is 0 Å². The van der Waals surface area contributed by atoms with E-state index in [1.165, 1.54) is 61.8 Å². The van der Waals surface area contributed by atoms with Gasteiger partial charge in [0, 0.05) is 12.2 Å². The van der Waals surface area contributed by atoms with E-state index >= 15 is 0 Å². The van der Waals surface area contributed by atoms with Crippen LogP contribution in [-0.2, 0) is 6.54 Å². The molecule has 0 heterocycles. The molecule has 1 nitrogen and oxygen atoms in total. The highest BCUT2D eigenvalue weighted by molar-refractivity contribution is 5.43. The van der Waals surface area contributed by atoms with E-state index in [1.54, 1.807) is 0 Å². The van der Waals surface area contributed by atoms with Gasteiger partial charge in [0.25, 0.3) is 0 Å². The summed E-state index contributed by atoms with van der Waals surface area (Å²) in [6.45, 7) is 5.53. The molecule has 0 saturated carbocycles. The molecule has 0 bridgehead atoms. The Morgan fingerprint density at radius 1 is 0.792 bits per heavy atom. The smallest absolute Gasteiger partial charge is 0.0400 e. The first-order valence-electron chi connectivity index (χ1n) is 9.67. The molecule has 0 aromatic heterocycles. The SMILES string of the molecule is CCCCCCCCC(C)c1ccc(CNc2ccccc2)cc1.